The van der Waals surface area contributed by atoms with E-state index in [4.69, 9.17) is 5.73 Å². The number of hydrogen-bond acceptors (Lipinski definition) is 2. The number of primary amides is 1. The molecule has 0 spiro atoms. The van der Waals surface area contributed by atoms with Crippen molar-refractivity contribution in [2.24, 2.45) is 5.73 Å². The van der Waals surface area contributed by atoms with Gasteiger partial charge in [-0.15, -0.1) is 0 Å². The van der Waals surface area contributed by atoms with Gasteiger partial charge in [-0.3, -0.25) is 4.90 Å². The van der Waals surface area contributed by atoms with Gasteiger partial charge >= 0.3 is 6.03 Å². The Labute approximate surface area is 86.9 Å². The predicted octanol–water partition coefficient (Wildman–Crippen LogP) is 1.39. The van der Waals surface area contributed by atoms with Crippen LogP contribution in [0.3, 0.4) is 0 Å². The van der Waals surface area contributed by atoms with Gasteiger partial charge in [-0.05, 0) is 25.1 Å². The van der Waals surface area contributed by atoms with Crippen LogP contribution in [0.5, 0.6) is 0 Å². The first-order chi connectivity index (χ1) is 7.08. The number of aromatic amines is 1. The van der Waals surface area contributed by atoms with Gasteiger partial charge in [0, 0.05) is 12.7 Å². The SMILES string of the molecule is Cc1nc2ccc(N(C)C(N)=O)cc2[nH]1. The molecule has 0 saturated carbocycles. The number of H-pyrrole nitrogens is 1. The lowest BCUT2D eigenvalue weighted by Gasteiger charge is -2.13. The maximum Gasteiger partial charge on any atom is 0.318 e. The molecule has 78 valence electrons. The molecule has 0 fully saturated rings. The fraction of sp³-hybridized carbons (Fsp3) is 0.200. The molecule has 0 saturated heterocycles. The number of benzene rings is 1. The number of urea groups is 1. The van der Waals surface area contributed by atoms with Crippen LogP contribution < -0.4 is 10.6 Å². The number of imidazole rings is 1. The van der Waals surface area contributed by atoms with Gasteiger partial charge in [-0.1, -0.05) is 0 Å². The summed E-state index contributed by atoms with van der Waals surface area (Å²) in [7, 11) is 1.63. The first-order valence-electron chi connectivity index (χ1n) is 4.57. The molecule has 0 unspecified atom stereocenters. The van der Waals surface area contributed by atoms with E-state index in [9.17, 15) is 4.79 Å². The third kappa shape index (κ3) is 1.63. The van der Waals surface area contributed by atoms with E-state index in [1.54, 1.807) is 7.05 Å². The molecule has 2 aromatic rings. The number of aryl methyl sites for hydroxylation is 1. The van der Waals surface area contributed by atoms with Gasteiger partial charge in [-0.2, -0.15) is 0 Å². The maximum atomic E-state index is 11.0. The van der Waals surface area contributed by atoms with Crippen LogP contribution in [0, 0.1) is 6.92 Å². The zero-order chi connectivity index (χ0) is 11.0. The fourth-order valence-corrected chi connectivity index (χ4v) is 1.46. The molecular weight excluding hydrogens is 192 g/mol. The van der Waals surface area contributed by atoms with Gasteiger partial charge in [-0.25, -0.2) is 9.78 Å². The van der Waals surface area contributed by atoms with Crippen molar-refractivity contribution in [1.82, 2.24) is 9.97 Å². The predicted molar refractivity (Wildman–Crippen MR) is 58.8 cm³/mol. The largest absolute Gasteiger partial charge is 0.351 e. The molecular formula is C10H12N4O. The third-order valence-electron chi connectivity index (χ3n) is 2.30. The van der Waals surface area contributed by atoms with Crippen LogP contribution in [0.1, 0.15) is 5.82 Å². The van der Waals surface area contributed by atoms with E-state index >= 15 is 0 Å². The van der Waals surface area contributed by atoms with Crippen LogP contribution >= 0.6 is 0 Å². The summed E-state index contributed by atoms with van der Waals surface area (Å²) in [5, 5.41) is 0. The molecule has 5 heteroatoms. The summed E-state index contributed by atoms with van der Waals surface area (Å²) in [5.74, 6) is 0.851. The Balaban J connectivity index is 2.50. The molecule has 0 atom stereocenters. The lowest BCUT2D eigenvalue weighted by molar-refractivity contribution is 0.255. The van der Waals surface area contributed by atoms with E-state index in [0.29, 0.717) is 0 Å². The van der Waals surface area contributed by atoms with Crippen molar-refractivity contribution < 1.29 is 4.79 Å². The molecule has 2 amide bonds. The summed E-state index contributed by atoms with van der Waals surface area (Å²) in [6.07, 6.45) is 0. The minimum atomic E-state index is -0.481. The molecule has 3 N–H and O–H groups in total. The normalized spacial score (nSPS) is 10.5. The standard InChI is InChI=1S/C10H12N4O/c1-6-12-8-4-3-7(5-9(8)13-6)14(2)10(11)15/h3-5H,1-2H3,(H2,11,15)(H,12,13). The molecule has 2 rings (SSSR count). The number of carbonyl (C=O) groups is 1. The Hall–Kier alpha value is -2.04. The quantitative estimate of drug-likeness (QED) is 0.736. The van der Waals surface area contributed by atoms with Gasteiger partial charge in [0.2, 0.25) is 0 Å². The smallest absolute Gasteiger partial charge is 0.318 e. The second kappa shape index (κ2) is 3.27. The number of hydrogen-bond donors (Lipinski definition) is 2. The van der Waals surface area contributed by atoms with Crippen molar-refractivity contribution in [3.63, 3.8) is 0 Å². The highest BCUT2D eigenvalue weighted by molar-refractivity contribution is 5.92. The molecule has 0 aliphatic rings. The minimum Gasteiger partial charge on any atom is -0.351 e. The Morgan fingerprint density at radius 1 is 1.53 bits per heavy atom. The maximum absolute atomic E-state index is 11.0. The Morgan fingerprint density at radius 2 is 2.27 bits per heavy atom. The molecule has 0 radical (unpaired) electrons. The van der Waals surface area contributed by atoms with E-state index in [2.05, 4.69) is 9.97 Å². The minimum absolute atomic E-state index is 0.481. The molecule has 1 heterocycles. The fourth-order valence-electron chi connectivity index (χ4n) is 1.46. The highest BCUT2D eigenvalue weighted by atomic mass is 16.2. The Kier molecular flexibility index (Phi) is 2.07. The van der Waals surface area contributed by atoms with E-state index in [-0.39, 0.29) is 0 Å². The topological polar surface area (TPSA) is 75.0 Å². The molecule has 0 aliphatic heterocycles. The average Bonchev–Trinajstić information content (AvgIpc) is 2.55. The summed E-state index contributed by atoms with van der Waals surface area (Å²) < 4.78 is 0. The average molecular weight is 204 g/mol. The van der Waals surface area contributed by atoms with E-state index in [1.165, 1.54) is 4.90 Å². The van der Waals surface area contributed by atoms with Crippen LogP contribution in [-0.2, 0) is 0 Å². The second-order valence-corrected chi connectivity index (χ2v) is 3.42. The van der Waals surface area contributed by atoms with Gasteiger partial charge in [0.15, 0.2) is 0 Å². The second-order valence-electron chi connectivity index (χ2n) is 3.42. The van der Waals surface area contributed by atoms with Gasteiger partial charge < -0.3 is 10.7 Å². The van der Waals surface area contributed by atoms with Crippen molar-refractivity contribution in [2.45, 2.75) is 6.92 Å². The van der Waals surface area contributed by atoms with Gasteiger partial charge in [0.25, 0.3) is 0 Å². The molecule has 15 heavy (non-hydrogen) atoms. The summed E-state index contributed by atoms with van der Waals surface area (Å²) in [6.45, 7) is 1.89. The van der Waals surface area contributed by atoms with Crippen molar-refractivity contribution >= 4 is 22.8 Å². The molecule has 1 aromatic heterocycles. The number of nitrogens with one attached hydrogen (secondary N) is 1. The third-order valence-corrected chi connectivity index (χ3v) is 2.30. The number of amides is 2. The summed E-state index contributed by atoms with van der Waals surface area (Å²) in [5.41, 5.74) is 7.71. The number of carbonyl (C=O) groups excluding carboxylic acids is 1. The lowest BCUT2D eigenvalue weighted by atomic mass is 10.2. The van der Waals surface area contributed by atoms with Crippen molar-refractivity contribution in [3.8, 4) is 0 Å². The number of nitrogens with zero attached hydrogens (tertiary/aromatic N) is 2. The number of aromatic nitrogens is 2. The van der Waals surface area contributed by atoms with Crippen molar-refractivity contribution in [2.75, 3.05) is 11.9 Å². The highest BCUT2D eigenvalue weighted by Crippen LogP contribution is 2.19. The van der Waals surface area contributed by atoms with E-state index in [1.807, 2.05) is 25.1 Å². The molecule has 5 nitrogen and oxygen atoms in total. The highest BCUT2D eigenvalue weighted by Gasteiger charge is 2.07. The van der Waals surface area contributed by atoms with Crippen LogP contribution in [0.4, 0.5) is 10.5 Å². The summed E-state index contributed by atoms with van der Waals surface area (Å²) in [4.78, 5) is 19.7. The van der Waals surface area contributed by atoms with E-state index in [0.717, 1.165) is 22.5 Å². The number of rotatable bonds is 1. The molecule has 0 bridgehead atoms. The van der Waals surface area contributed by atoms with Crippen LogP contribution in [0.15, 0.2) is 18.2 Å². The Bertz CT molecular complexity index is 517. The molecule has 1 aromatic carbocycles. The van der Waals surface area contributed by atoms with Crippen LogP contribution in [0.25, 0.3) is 11.0 Å². The molecule has 0 aliphatic carbocycles. The van der Waals surface area contributed by atoms with Crippen LogP contribution in [0.2, 0.25) is 0 Å². The number of fused-ring (bicyclic) bond motifs is 1. The first kappa shape index (κ1) is 9.51. The monoisotopic (exact) mass is 204 g/mol. The van der Waals surface area contributed by atoms with Gasteiger partial charge in [0.1, 0.15) is 5.82 Å². The zero-order valence-electron chi connectivity index (χ0n) is 8.61. The van der Waals surface area contributed by atoms with Crippen LogP contribution in [-0.4, -0.2) is 23.0 Å². The summed E-state index contributed by atoms with van der Waals surface area (Å²) >= 11 is 0. The zero-order valence-corrected chi connectivity index (χ0v) is 8.61. The van der Waals surface area contributed by atoms with Crippen molar-refractivity contribution in [1.29, 1.82) is 0 Å². The van der Waals surface area contributed by atoms with Crippen molar-refractivity contribution in [3.05, 3.63) is 24.0 Å². The lowest BCUT2D eigenvalue weighted by Crippen LogP contribution is -2.31. The first-order valence-corrected chi connectivity index (χ1v) is 4.57. The number of anilines is 1. The Morgan fingerprint density at radius 3 is 2.93 bits per heavy atom. The summed E-state index contributed by atoms with van der Waals surface area (Å²) in [6, 6.07) is 5.03. The van der Waals surface area contributed by atoms with E-state index < -0.39 is 6.03 Å². The van der Waals surface area contributed by atoms with Gasteiger partial charge in [0.05, 0.1) is 11.0 Å². The number of nitrogens with two attached hydrogens (primary N) is 1.